The molecule has 0 fully saturated rings. The molecule has 0 atom stereocenters. The van der Waals surface area contributed by atoms with Gasteiger partial charge in [0.05, 0.1) is 12.8 Å². The molecule has 0 saturated heterocycles. The second-order valence-corrected chi connectivity index (χ2v) is 5.51. The standard InChI is InChI=1S/C16H13BrClNO2/c1-21-13-7-8-14(17)15(10-13)19-16(20)9-4-11-2-5-12(18)6-3-11/h2-10H,1H3,(H,19,20). The van der Waals surface area contributed by atoms with Gasteiger partial charge in [-0.05, 0) is 51.8 Å². The minimum Gasteiger partial charge on any atom is -0.497 e. The van der Waals surface area contributed by atoms with E-state index in [0.29, 0.717) is 16.5 Å². The maximum absolute atomic E-state index is 11.9. The van der Waals surface area contributed by atoms with Gasteiger partial charge in [-0.3, -0.25) is 4.79 Å². The molecular formula is C16H13BrClNO2. The van der Waals surface area contributed by atoms with Gasteiger partial charge in [-0.15, -0.1) is 0 Å². The molecule has 108 valence electrons. The molecule has 0 bridgehead atoms. The Bertz CT molecular complexity index is 668. The Kier molecular flexibility index (Phi) is 5.42. The Morgan fingerprint density at radius 3 is 2.62 bits per heavy atom. The van der Waals surface area contributed by atoms with Crippen LogP contribution in [0.2, 0.25) is 5.02 Å². The van der Waals surface area contributed by atoms with E-state index in [1.165, 1.54) is 6.08 Å². The van der Waals surface area contributed by atoms with Crippen molar-refractivity contribution in [2.45, 2.75) is 0 Å². The molecule has 2 aromatic rings. The van der Waals surface area contributed by atoms with Crippen LogP contribution in [0.15, 0.2) is 53.0 Å². The zero-order chi connectivity index (χ0) is 15.2. The SMILES string of the molecule is COc1ccc(Br)c(NC(=O)C=Cc2ccc(Cl)cc2)c1. The second kappa shape index (κ2) is 7.29. The molecule has 2 aromatic carbocycles. The number of benzene rings is 2. The minimum absolute atomic E-state index is 0.223. The highest BCUT2D eigenvalue weighted by atomic mass is 79.9. The van der Waals surface area contributed by atoms with Crippen molar-refractivity contribution in [3.05, 3.63) is 63.6 Å². The first-order valence-corrected chi connectivity index (χ1v) is 7.34. The topological polar surface area (TPSA) is 38.3 Å². The molecule has 0 aliphatic rings. The quantitative estimate of drug-likeness (QED) is 0.792. The van der Waals surface area contributed by atoms with Gasteiger partial charge in [-0.25, -0.2) is 0 Å². The molecule has 0 heterocycles. The molecule has 3 nitrogen and oxygen atoms in total. The summed E-state index contributed by atoms with van der Waals surface area (Å²) < 4.78 is 5.92. The van der Waals surface area contributed by atoms with E-state index in [9.17, 15) is 4.79 Å². The fourth-order valence-corrected chi connectivity index (χ4v) is 2.12. The van der Waals surface area contributed by atoms with Gasteiger partial charge in [-0.1, -0.05) is 23.7 Å². The average molecular weight is 367 g/mol. The van der Waals surface area contributed by atoms with Crippen molar-refractivity contribution < 1.29 is 9.53 Å². The maximum atomic E-state index is 11.9. The van der Waals surface area contributed by atoms with Crippen LogP contribution in [0, 0.1) is 0 Å². The van der Waals surface area contributed by atoms with Crippen molar-refractivity contribution in [2.75, 3.05) is 12.4 Å². The lowest BCUT2D eigenvalue weighted by Crippen LogP contribution is -2.08. The number of anilines is 1. The summed E-state index contributed by atoms with van der Waals surface area (Å²) in [7, 11) is 1.58. The number of carbonyl (C=O) groups excluding carboxylic acids is 1. The van der Waals surface area contributed by atoms with Gasteiger partial charge in [0.2, 0.25) is 5.91 Å². The molecule has 0 aromatic heterocycles. The van der Waals surface area contributed by atoms with E-state index in [1.807, 2.05) is 24.3 Å². The monoisotopic (exact) mass is 365 g/mol. The van der Waals surface area contributed by atoms with E-state index < -0.39 is 0 Å². The van der Waals surface area contributed by atoms with Gasteiger partial charge in [0.15, 0.2) is 0 Å². The number of ether oxygens (including phenoxy) is 1. The fourth-order valence-electron chi connectivity index (χ4n) is 1.65. The normalized spacial score (nSPS) is 10.6. The van der Waals surface area contributed by atoms with E-state index in [0.717, 1.165) is 10.0 Å². The number of hydrogen-bond acceptors (Lipinski definition) is 2. The van der Waals surface area contributed by atoms with E-state index in [2.05, 4.69) is 21.2 Å². The number of rotatable bonds is 4. The zero-order valence-corrected chi connectivity index (χ0v) is 13.6. The molecule has 0 saturated carbocycles. The molecule has 1 N–H and O–H groups in total. The van der Waals surface area contributed by atoms with Gasteiger partial charge < -0.3 is 10.1 Å². The number of hydrogen-bond donors (Lipinski definition) is 1. The molecule has 21 heavy (non-hydrogen) atoms. The third-order valence-electron chi connectivity index (χ3n) is 2.73. The van der Waals surface area contributed by atoms with Crippen LogP contribution in [0.5, 0.6) is 5.75 Å². The van der Waals surface area contributed by atoms with Gasteiger partial charge in [0, 0.05) is 21.6 Å². The van der Waals surface area contributed by atoms with Crippen molar-refractivity contribution in [1.82, 2.24) is 0 Å². The van der Waals surface area contributed by atoms with Crippen LogP contribution in [0.25, 0.3) is 6.08 Å². The van der Waals surface area contributed by atoms with Gasteiger partial charge in [-0.2, -0.15) is 0 Å². The number of carbonyl (C=O) groups is 1. The van der Waals surface area contributed by atoms with Crippen molar-refractivity contribution >= 4 is 45.2 Å². The van der Waals surface area contributed by atoms with Crippen LogP contribution >= 0.6 is 27.5 Å². The van der Waals surface area contributed by atoms with Crippen LogP contribution < -0.4 is 10.1 Å². The maximum Gasteiger partial charge on any atom is 0.248 e. The third-order valence-corrected chi connectivity index (χ3v) is 3.67. The van der Waals surface area contributed by atoms with Crippen LogP contribution in [0.1, 0.15) is 5.56 Å². The van der Waals surface area contributed by atoms with E-state index in [4.69, 9.17) is 16.3 Å². The van der Waals surface area contributed by atoms with E-state index in [1.54, 1.807) is 31.4 Å². The molecule has 0 spiro atoms. The first kappa shape index (κ1) is 15.6. The number of amides is 1. The first-order chi connectivity index (χ1) is 10.1. The fraction of sp³-hybridized carbons (Fsp3) is 0.0625. The van der Waals surface area contributed by atoms with Crippen LogP contribution in [0.3, 0.4) is 0 Å². The minimum atomic E-state index is -0.223. The van der Waals surface area contributed by atoms with Crippen LogP contribution in [-0.2, 0) is 4.79 Å². The smallest absolute Gasteiger partial charge is 0.248 e. The average Bonchev–Trinajstić information content (AvgIpc) is 2.49. The Hall–Kier alpha value is -1.78. The molecular weight excluding hydrogens is 354 g/mol. The molecule has 1 amide bonds. The van der Waals surface area contributed by atoms with Gasteiger partial charge in [0.25, 0.3) is 0 Å². The predicted molar refractivity (Wildman–Crippen MR) is 89.8 cm³/mol. The number of methoxy groups -OCH3 is 1. The summed E-state index contributed by atoms with van der Waals surface area (Å²) in [6.07, 6.45) is 3.19. The Labute approximate surface area is 136 Å². The highest BCUT2D eigenvalue weighted by molar-refractivity contribution is 9.10. The lowest BCUT2D eigenvalue weighted by molar-refractivity contribution is -0.111. The van der Waals surface area contributed by atoms with Crippen molar-refractivity contribution in [1.29, 1.82) is 0 Å². The Balaban J connectivity index is 2.06. The lowest BCUT2D eigenvalue weighted by Gasteiger charge is -2.07. The number of halogens is 2. The summed E-state index contributed by atoms with van der Waals surface area (Å²) in [4.78, 5) is 11.9. The van der Waals surface area contributed by atoms with Crippen LogP contribution in [-0.4, -0.2) is 13.0 Å². The summed E-state index contributed by atoms with van der Waals surface area (Å²) in [6, 6.07) is 12.6. The van der Waals surface area contributed by atoms with Crippen molar-refractivity contribution in [3.63, 3.8) is 0 Å². The summed E-state index contributed by atoms with van der Waals surface area (Å²) >= 11 is 9.19. The lowest BCUT2D eigenvalue weighted by atomic mass is 10.2. The van der Waals surface area contributed by atoms with E-state index >= 15 is 0 Å². The molecule has 0 aliphatic carbocycles. The molecule has 0 unspecified atom stereocenters. The van der Waals surface area contributed by atoms with Gasteiger partial charge in [0.1, 0.15) is 5.75 Å². The summed E-state index contributed by atoms with van der Waals surface area (Å²) in [5.41, 5.74) is 1.55. The van der Waals surface area contributed by atoms with Gasteiger partial charge >= 0.3 is 0 Å². The van der Waals surface area contributed by atoms with Crippen LogP contribution in [0.4, 0.5) is 5.69 Å². The first-order valence-electron chi connectivity index (χ1n) is 6.16. The highest BCUT2D eigenvalue weighted by Crippen LogP contribution is 2.27. The van der Waals surface area contributed by atoms with Crippen molar-refractivity contribution in [3.8, 4) is 5.75 Å². The number of nitrogens with one attached hydrogen (secondary N) is 1. The second-order valence-electron chi connectivity index (χ2n) is 4.22. The Morgan fingerprint density at radius 2 is 1.95 bits per heavy atom. The third kappa shape index (κ3) is 4.62. The highest BCUT2D eigenvalue weighted by Gasteiger charge is 2.04. The summed E-state index contributed by atoms with van der Waals surface area (Å²) in [5, 5.41) is 3.45. The largest absolute Gasteiger partial charge is 0.497 e. The summed E-state index contributed by atoms with van der Waals surface area (Å²) in [6.45, 7) is 0. The molecule has 5 heteroatoms. The van der Waals surface area contributed by atoms with E-state index in [-0.39, 0.29) is 5.91 Å². The Morgan fingerprint density at radius 1 is 1.24 bits per heavy atom. The molecule has 2 rings (SSSR count). The molecule has 0 radical (unpaired) electrons. The predicted octanol–water partition coefficient (Wildman–Crippen LogP) is 4.76. The zero-order valence-electron chi connectivity index (χ0n) is 11.3. The summed E-state index contributed by atoms with van der Waals surface area (Å²) in [5.74, 6) is 0.453. The molecule has 0 aliphatic heterocycles. The van der Waals surface area contributed by atoms with Crippen molar-refractivity contribution in [2.24, 2.45) is 0 Å².